The maximum absolute atomic E-state index is 7.33. The molecular formula is C11H19N5S. The van der Waals surface area contributed by atoms with Crippen LogP contribution in [0.3, 0.4) is 0 Å². The number of nitrogens with zero attached hydrogens (tertiary/aromatic N) is 3. The molecule has 0 amide bonds. The number of piperazine rings is 1. The second-order valence-corrected chi connectivity index (χ2v) is 5.54. The largest absolute Gasteiger partial charge is 0.383 e. The van der Waals surface area contributed by atoms with Crippen LogP contribution in [0.25, 0.3) is 0 Å². The Balaban J connectivity index is 1.79. The van der Waals surface area contributed by atoms with Gasteiger partial charge >= 0.3 is 0 Å². The average molecular weight is 253 g/mol. The smallest absolute Gasteiger partial charge is 0.134 e. The highest BCUT2D eigenvalue weighted by Gasteiger charge is 2.14. The summed E-state index contributed by atoms with van der Waals surface area (Å²) >= 11 is 1.53. The molecule has 0 aliphatic carbocycles. The first-order valence-electron chi connectivity index (χ1n) is 5.85. The molecule has 0 radical (unpaired) electrons. The molecule has 3 N–H and O–H groups in total. The Bertz CT molecular complexity index is 381. The molecule has 0 atom stereocenters. The number of likely N-dealkylation sites (N-methyl/N-ethyl adjacent to an activating group) is 1. The van der Waals surface area contributed by atoms with Crippen LogP contribution in [0, 0.1) is 5.41 Å². The second kappa shape index (κ2) is 5.57. The van der Waals surface area contributed by atoms with Crippen LogP contribution in [0.4, 0.5) is 0 Å². The summed E-state index contributed by atoms with van der Waals surface area (Å²) in [4.78, 5) is 9.90. The van der Waals surface area contributed by atoms with E-state index in [0.717, 1.165) is 49.0 Å². The maximum Gasteiger partial charge on any atom is 0.134 e. The van der Waals surface area contributed by atoms with E-state index in [2.05, 4.69) is 21.8 Å². The molecule has 0 unspecified atom stereocenters. The van der Waals surface area contributed by atoms with Crippen LogP contribution < -0.4 is 5.73 Å². The molecule has 2 heterocycles. The highest BCUT2D eigenvalue weighted by molar-refractivity contribution is 7.13. The monoisotopic (exact) mass is 253 g/mol. The number of amidine groups is 1. The van der Waals surface area contributed by atoms with Gasteiger partial charge in [-0.05, 0) is 7.05 Å². The molecule has 0 saturated carbocycles. The number of thiazole rings is 1. The van der Waals surface area contributed by atoms with E-state index in [0.29, 0.717) is 0 Å². The molecule has 94 valence electrons. The van der Waals surface area contributed by atoms with Crippen molar-refractivity contribution >= 4 is 17.2 Å². The Morgan fingerprint density at radius 3 is 2.76 bits per heavy atom. The van der Waals surface area contributed by atoms with Crippen molar-refractivity contribution in [3.05, 3.63) is 16.1 Å². The Morgan fingerprint density at radius 2 is 2.18 bits per heavy atom. The van der Waals surface area contributed by atoms with Gasteiger partial charge in [0.05, 0.1) is 9.88 Å². The van der Waals surface area contributed by atoms with Crippen molar-refractivity contribution in [1.29, 1.82) is 5.41 Å². The van der Waals surface area contributed by atoms with Crippen molar-refractivity contribution in [2.24, 2.45) is 5.73 Å². The third-order valence-electron chi connectivity index (χ3n) is 3.06. The lowest BCUT2D eigenvalue weighted by Gasteiger charge is -2.32. The molecule has 1 aliphatic heterocycles. The van der Waals surface area contributed by atoms with E-state index >= 15 is 0 Å². The Kier molecular flexibility index (Phi) is 4.09. The number of nitrogens with one attached hydrogen (secondary N) is 1. The third-order valence-corrected chi connectivity index (χ3v) is 4.15. The van der Waals surface area contributed by atoms with E-state index < -0.39 is 0 Å². The van der Waals surface area contributed by atoms with Gasteiger partial charge in [0.25, 0.3) is 0 Å². The highest BCUT2D eigenvalue weighted by atomic mass is 32.1. The van der Waals surface area contributed by atoms with E-state index in [-0.39, 0.29) is 5.84 Å². The van der Waals surface area contributed by atoms with Crippen molar-refractivity contribution in [2.75, 3.05) is 39.8 Å². The van der Waals surface area contributed by atoms with Gasteiger partial charge in [0.2, 0.25) is 0 Å². The van der Waals surface area contributed by atoms with E-state index in [1.165, 1.54) is 11.3 Å². The van der Waals surface area contributed by atoms with E-state index in [1.807, 2.05) is 0 Å². The fourth-order valence-electron chi connectivity index (χ4n) is 1.88. The first kappa shape index (κ1) is 12.5. The van der Waals surface area contributed by atoms with Crippen molar-refractivity contribution in [2.45, 2.75) is 6.42 Å². The topological polar surface area (TPSA) is 69.2 Å². The highest BCUT2D eigenvalue weighted by Crippen LogP contribution is 2.13. The summed E-state index contributed by atoms with van der Waals surface area (Å²) in [6.45, 7) is 5.63. The van der Waals surface area contributed by atoms with Gasteiger partial charge in [-0.2, -0.15) is 0 Å². The molecule has 0 aromatic carbocycles. The summed E-state index contributed by atoms with van der Waals surface area (Å²) in [5.41, 5.74) is 5.42. The Morgan fingerprint density at radius 1 is 1.47 bits per heavy atom. The first-order chi connectivity index (χ1) is 8.15. The molecule has 5 nitrogen and oxygen atoms in total. The fourth-order valence-corrected chi connectivity index (χ4v) is 2.64. The van der Waals surface area contributed by atoms with Crippen LogP contribution in [-0.2, 0) is 6.42 Å². The molecule has 1 aromatic heterocycles. The molecule has 6 heteroatoms. The molecular weight excluding hydrogens is 234 g/mol. The number of rotatable bonds is 4. The van der Waals surface area contributed by atoms with Crippen LogP contribution in [-0.4, -0.2) is 60.4 Å². The number of hydrogen-bond donors (Lipinski definition) is 2. The van der Waals surface area contributed by atoms with Gasteiger partial charge in [0.15, 0.2) is 0 Å². The lowest BCUT2D eigenvalue weighted by molar-refractivity contribution is 0.155. The fraction of sp³-hybridized carbons (Fsp3) is 0.636. The first-order valence-corrected chi connectivity index (χ1v) is 6.67. The summed E-state index contributed by atoms with van der Waals surface area (Å²) in [7, 11) is 2.16. The molecule has 1 aromatic rings. The number of hydrogen-bond acceptors (Lipinski definition) is 5. The molecule has 17 heavy (non-hydrogen) atoms. The summed E-state index contributed by atoms with van der Waals surface area (Å²) in [6.07, 6.45) is 2.66. The molecule has 1 saturated heterocycles. The van der Waals surface area contributed by atoms with Crippen LogP contribution in [0.2, 0.25) is 0 Å². The molecule has 1 fully saturated rings. The maximum atomic E-state index is 7.33. The second-order valence-electron chi connectivity index (χ2n) is 4.43. The average Bonchev–Trinajstić information content (AvgIpc) is 2.77. The number of nitrogen functional groups attached to an aromatic ring is 1. The van der Waals surface area contributed by atoms with Crippen molar-refractivity contribution < 1.29 is 0 Å². The van der Waals surface area contributed by atoms with Crippen molar-refractivity contribution in [3.8, 4) is 0 Å². The summed E-state index contributed by atoms with van der Waals surface area (Å²) < 4.78 is 0. The predicted octanol–water partition coefficient (Wildman–Crippen LogP) is 0.217. The summed E-state index contributed by atoms with van der Waals surface area (Å²) in [5.74, 6) is 0.119. The zero-order valence-electron chi connectivity index (χ0n) is 10.1. The van der Waals surface area contributed by atoms with Gasteiger partial charge in [-0.1, -0.05) is 0 Å². The Labute approximate surface area is 106 Å². The van der Waals surface area contributed by atoms with E-state index in [4.69, 9.17) is 11.1 Å². The zero-order valence-corrected chi connectivity index (χ0v) is 11.0. The van der Waals surface area contributed by atoms with Gasteiger partial charge in [0, 0.05) is 45.3 Å². The standard InChI is InChI=1S/C11H19N5S/c1-15-4-6-16(7-5-15)3-2-10-14-8-9(17-10)11(12)13/h8H,2-7H2,1H3,(H3,12,13). The summed E-state index contributed by atoms with van der Waals surface area (Å²) in [5, 5.41) is 8.41. The SMILES string of the molecule is CN1CCN(CCc2ncc(C(=N)N)s2)CC1. The quantitative estimate of drug-likeness (QED) is 0.595. The van der Waals surface area contributed by atoms with Crippen LogP contribution in [0.1, 0.15) is 9.88 Å². The van der Waals surface area contributed by atoms with Crippen LogP contribution in [0.15, 0.2) is 6.20 Å². The van der Waals surface area contributed by atoms with Crippen molar-refractivity contribution in [3.63, 3.8) is 0 Å². The van der Waals surface area contributed by atoms with Gasteiger partial charge < -0.3 is 15.5 Å². The van der Waals surface area contributed by atoms with Crippen molar-refractivity contribution in [1.82, 2.24) is 14.8 Å². The molecule has 2 rings (SSSR count). The number of aromatic nitrogens is 1. The van der Waals surface area contributed by atoms with Crippen LogP contribution >= 0.6 is 11.3 Å². The van der Waals surface area contributed by atoms with E-state index in [9.17, 15) is 0 Å². The Hall–Kier alpha value is -0.980. The lowest BCUT2D eigenvalue weighted by atomic mass is 10.3. The number of nitrogens with two attached hydrogens (primary N) is 1. The predicted molar refractivity (Wildman–Crippen MR) is 70.8 cm³/mol. The zero-order chi connectivity index (χ0) is 12.3. The van der Waals surface area contributed by atoms with Crippen LogP contribution in [0.5, 0.6) is 0 Å². The van der Waals surface area contributed by atoms with E-state index in [1.54, 1.807) is 6.20 Å². The van der Waals surface area contributed by atoms with Gasteiger partial charge in [0.1, 0.15) is 5.84 Å². The summed E-state index contributed by atoms with van der Waals surface area (Å²) in [6, 6.07) is 0. The lowest BCUT2D eigenvalue weighted by Crippen LogP contribution is -2.45. The van der Waals surface area contributed by atoms with Gasteiger partial charge in [-0.15, -0.1) is 11.3 Å². The minimum absolute atomic E-state index is 0.119. The molecule has 1 aliphatic rings. The third kappa shape index (κ3) is 3.49. The van der Waals surface area contributed by atoms with Gasteiger partial charge in [-0.25, -0.2) is 4.98 Å². The molecule has 0 bridgehead atoms. The normalized spacial score (nSPS) is 18.4. The van der Waals surface area contributed by atoms with Gasteiger partial charge in [-0.3, -0.25) is 5.41 Å². The minimum Gasteiger partial charge on any atom is -0.383 e. The molecule has 0 spiro atoms. The minimum atomic E-state index is 0.119.